The molecule has 112 valence electrons. The molecule has 10 heteroatoms. The number of pyridine rings is 1. The van der Waals surface area contributed by atoms with Crippen molar-refractivity contribution in [2.24, 2.45) is 0 Å². The molecule has 0 amide bonds. The number of thiazole rings is 1. The molecule has 1 N–H and O–H groups in total. The largest absolute Gasteiger partial charge is 0.477 e. The topological polar surface area (TPSA) is 63.1 Å². The number of carbonyl (C=O) groups is 1. The molecule has 0 saturated heterocycles. The molecule has 0 saturated carbocycles. The van der Waals surface area contributed by atoms with E-state index in [1.54, 1.807) is 0 Å². The van der Waals surface area contributed by atoms with E-state index in [1.165, 1.54) is 6.92 Å². The highest BCUT2D eigenvalue weighted by Gasteiger charge is 2.31. The average Bonchev–Trinajstić information content (AvgIpc) is 2.71. The summed E-state index contributed by atoms with van der Waals surface area (Å²) in [5.41, 5.74) is -0.614. The number of hydrogen-bond acceptors (Lipinski definition) is 5. The van der Waals surface area contributed by atoms with E-state index in [1.807, 2.05) is 0 Å². The molecule has 0 aliphatic heterocycles. The third-order valence-electron chi connectivity index (χ3n) is 2.29. The second kappa shape index (κ2) is 5.82. The van der Waals surface area contributed by atoms with E-state index < -0.39 is 17.7 Å². The summed E-state index contributed by atoms with van der Waals surface area (Å²) in [5, 5.41) is 8.89. The summed E-state index contributed by atoms with van der Waals surface area (Å²) in [4.78, 5) is 18.6. The lowest BCUT2D eigenvalue weighted by Gasteiger charge is -2.07. The Kier molecular flexibility index (Phi) is 4.45. The van der Waals surface area contributed by atoms with Gasteiger partial charge in [-0.25, -0.2) is 14.8 Å². The van der Waals surface area contributed by atoms with Crippen molar-refractivity contribution in [1.29, 1.82) is 0 Å². The maximum absolute atomic E-state index is 12.5. The van der Waals surface area contributed by atoms with Gasteiger partial charge in [0.2, 0.25) is 0 Å². The fourth-order valence-electron chi connectivity index (χ4n) is 1.35. The van der Waals surface area contributed by atoms with Crippen LogP contribution in [0.2, 0.25) is 5.02 Å². The molecule has 0 atom stereocenters. The van der Waals surface area contributed by atoms with E-state index in [4.69, 9.17) is 16.7 Å². The summed E-state index contributed by atoms with van der Waals surface area (Å²) in [5.74, 6) is -1.11. The van der Waals surface area contributed by atoms with Crippen molar-refractivity contribution < 1.29 is 23.1 Å². The maximum atomic E-state index is 12.5. The van der Waals surface area contributed by atoms with Crippen LogP contribution in [0.15, 0.2) is 21.6 Å². The molecule has 0 spiro atoms. The van der Waals surface area contributed by atoms with Gasteiger partial charge in [-0.1, -0.05) is 22.9 Å². The number of halogens is 4. The van der Waals surface area contributed by atoms with Gasteiger partial charge < -0.3 is 5.11 Å². The zero-order valence-electron chi connectivity index (χ0n) is 10.2. The number of hydrogen-bond donors (Lipinski definition) is 1. The Balaban J connectivity index is 2.28. The third-order valence-corrected chi connectivity index (χ3v) is 4.91. The van der Waals surface area contributed by atoms with Crippen LogP contribution in [0.5, 0.6) is 0 Å². The second-order valence-corrected chi connectivity index (χ2v) is 6.45. The van der Waals surface area contributed by atoms with Crippen molar-refractivity contribution in [3.8, 4) is 0 Å². The predicted molar refractivity (Wildman–Crippen MR) is 72.2 cm³/mol. The van der Waals surface area contributed by atoms with Crippen LogP contribution in [0.3, 0.4) is 0 Å². The summed E-state index contributed by atoms with van der Waals surface area (Å²) in [6.07, 6.45) is -3.85. The summed E-state index contributed by atoms with van der Waals surface area (Å²) < 4.78 is 37.8. The van der Waals surface area contributed by atoms with E-state index in [2.05, 4.69) is 9.97 Å². The van der Waals surface area contributed by atoms with Crippen molar-refractivity contribution in [1.82, 2.24) is 9.97 Å². The molecule has 0 aliphatic rings. The minimum atomic E-state index is -4.52. The van der Waals surface area contributed by atoms with Gasteiger partial charge in [0, 0.05) is 6.20 Å². The van der Waals surface area contributed by atoms with Gasteiger partial charge in [0.1, 0.15) is 9.90 Å². The average molecular weight is 355 g/mol. The molecule has 0 aliphatic carbocycles. The zero-order valence-corrected chi connectivity index (χ0v) is 12.6. The molecule has 2 aromatic rings. The van der Waals surface area contributed by atoms with E-state index in [0.29, 0.717) is 16.2 Å². The van der Waals surface area contributed by atoms with Crippen molar-refractivity contribution >= 4 is 40.7 Å². The molecule has 0 bridgehead atoms. The zero-order chi connectivity index (χ0) is 15.8. The van der Waals surface area contributed by atoms with E-state index in [0.717, 1.165) is 29.2 Å². The number of rotatable bonds is 3. The Hall–Kier alpha value is -1.32. The minimum absolute atomic E-state index is 0.0699. The molecule has 2 heterocycles. The molecule has 2 aromatic heterocycles. The van der Waals surface area contributed by atoms with Gasteiger partial charge in [0.25, 0.3) is 0 Å². The highest BCUT2D eigenvalue weighted by atomic mass is 35.5. The van der Waals surface area contributed by atoms with E-state index in [9.17, 15) is 18.0 Å². The van der Waals surface area contributed by atoms with Crippen LogP contribution in [0.25, 0.3) is 0 Å². The Morgan fingerprint density at radius 2 is 2.14 bits per heavy atom. The molecule has 0 aromatic carbocycles. The monoisotopic (exact) mass is 354 g/mol. The second-order valence-electron chi connectivity index (χ2n) is 3.81. The van der Waals surface area contributed by atoms with Crippen LogP contribution < -0.4 is 0 Å². The van der Waals surface area contributed by atoms with Crippen LogP contribution >= 0.6 is 34.7 Å². The van der Waals surface area contributed by atoms with E-state index >= 15 is 0 Å². The van der Waals surface area contributed by atoms with Crippen LogP contribution in [-0.2, 0) is 6.18 Å². The van der Waals surface area contributed by atoms with Gasteiger partial charge in [-0.05, 0) is 24.8 Å². The lowest BCUT2D eigenvalue weighted by molar-refractivity contribution is -0.137. The lowest BCUT2D eigenvalue weighted by Crippen LogP contribution is -2.05. The molecule has 0 unspecified atom stereocenters. The Bertz CT molecular complexity index is 703. The number of aromatic nitrogens is 2. The first-order valence-corrected chi connectivity index (χ1v) is 7.31. The van der Waals surface area contributed by atoms with Gasteiger partial charge in [0.15, 0.2) is 4.34 Å². The van der Waals surface area contributed by atoms with Gasteiger partial charge in [-0.3, -0.25) is 0 Å². The molecule has 21 heavy (non-hydrogen) atoms. The number of nitrogens with zero attached hydrogens (tertiary/aromatic N) is 2. The molecule has 0 fully saturated rings. The Morgan fingerprint density at radius 1 is 1.48 bits per heavy atom. The van der Waals surface area contributed by atoms with Crippen LogP contribution in [0.4, 0.5) is 13.2 Å². The highest BCUT2D eigenvalue weighted by molar-refractivity contribution is 8.01. The van der Waals surface area contributed by atoms with Crippen molar-refractivity contribution in [3.63, 3.8) is 0 Å². The molecular weight excluding hydrogens is 349 g/mol. The van der Waals surface area contributed by atoms with Crippen molar-refractivity contribution in [2.75, 3.05) is 0 Å². The van der Waals surface area contributed by atoms with Crippen molar-refractivity contribution in [2.45, 2.75) is 22.5 Å². The third kappa shape index (κ3) is 3.66. The molecule has 0 radical (unpaired) electrons. The Labute approximate surface area is 130 Å². The van der Waals surface area contributed by atoms with Gasteiger partial charge in [0.05, 0.1) is 16.3 Å². The quantitative estimate of drug-likeness (QED) is 0.886. The fraction of sp³-hybridized carbons (Fsp3) is 0.182. The minimum Gasteiger partial charge on any atom is -0.477 e. The maximum Gasteiger partial charge on any atom is 0.417 e. The van der Waals surface area contributed by atoms with Crippen molar-refractivity contribution in [3.05, 3.63) is 33.4 Å². The molecule has 2 rings (SSSR count). The Morgan fingerprint density at radius 3 is 2.62 bits per heavy atom. The molecular formula is C11H6ClF3N2O2S2. The number of alkyl halides is 3. The van der Waals surface area contributed by atoms with Gasteiger partial charge >= 0.3 is 12.1 Å². The normalized spacial score (nSPS) is 11.7. The predicted octanol–water partition coefficient (Wildman–Crippen LogP) is 4.37. The SMILES string of the molecule is Cc1nc(Sc2ncc(C(F)(F)F)cc2Cl)sc1C(=O)O. The summed E-state index contributed by atoms with van der Waals surface area (Å²) in [6, 6.07) is 0.773. The number of aryl methyl sites for hydroxylation is 1. The van der Waals surface area contributed by atoms with E-state index in [-0.39, 0.29) is 14.9 Å². The number of carboxylic acid groups (broad SMARTS) is 1. The van der Waals surface area contributed by atoms with Gasteiger partial charge in [-0.15, -0.1) is 0 Å². The fourth-order valence-corrected chi connectivity index (χ4v) is 3.54. The van der Waals surface area contributed by atoms with Crippen LogP contribution in [-0.4, -0.2) is 21.0 Å². The first kappa shape index (κ1) is 16.1. The first-order chi connectivity index (χ1) is 9.68. The number of carboxylic acids is 1. The molecule has 4 nitrogen and oxygen atoms in total. The van der Waals surface area contributed by atoms with Crippen LogP contribution in [0, 0.1) is 6.92 Å². The standard InChI is InChI=1S/C11H6ClF3N2O2S2/c1-4-7(9(18)19)20-10(17-4)21-8-6(12)2-5(3-16-8)11(13,14)15/h2-3H,1H3,(H,18,19). The highest BCUT2D eigenvalue weighted by Crippen LogP contribution is 2.38. The van der Waals surface area contributed by atoms with Gasteiger partial charge in [-0.2, -0.15) is 13.2 Å². The summed E-state index contributed by atoms with van der Waals surface area (Å²) in [7, 11) is 0. The lowest BCUT2D eigenvalue weighted by atomic mass is 10.3. The first-order valence-electron chi connectivity index (χ1n) is 5.30. The number of aromatic carboxylic acids is 1. The smallest absolute Gasteiger partial charge is 0.417 e. The summed E-state index contributed by atoms with van der Waals surface area (Å²) >= 11 is 7.60. The van der Waals surface area contributed by atoms with Crippen LogP contribution in [0.1, 0.15) is 20.9 Å². The summed E-state index contributed by atoms with van der Waals surface area (Å²) in [6.45, 7) is 1.53.